The molecule has 7 heteroatoms. The van der Waals surface area contributed by atoms with Crippen molar-refractivity contribution < 1.29 is 4.79 Å². The van der Waals surface area contributed by atoms with Crippen LogP contribution in [0.5, 0.6) is 0 Å². The summed E-state index contributed by atoms with van der Waals surface area (Å²) in [6.07, 6.45) is 0. The SMILES string of the molecule is CC(C)NC(=O)c1ccc2c(=O)n(Cc3ccccc3)c(SCc3ccccc3Cl)nc2c1. The first-order valence-electron chi connectivity index (χ1n) is 10.7. The topological polar surface area (TPSA) is 64.0 Å². The number of amides is 1. The van der Waals surface area contributed by atoms with Crippen LogP contribution in [0.4, 0.5) is 0 Å². The number of hydrogen-bond donors (Lipinski definition) is 1. The predicted octanol–water partition coefficient (Wildman–Crippen LogP) is 5.53. The monoisotopic (exact) mass is 477 g/mol. The minimum Gasteiger partial charge on any atom is -0.350 e. The number of thioether (sulfide) groups is 1. The van der Waals surface area contributed by atoms with E-state index in [1.54, 1.807) is 22.8 Å². The van der Waals surface area contributed by atoms with Crippen LogP contribution in [0.3, 0.4) is 0 Å². The van der Waals surface area contributed by atoms with Gasteiger partial charge in [0.15, 0.2) is 5.16 Å². The maximum atomic E-state index is 13.5. The van der Waals surface area contributed by atoms with E-state index in [0.717, 1.165) is 11.1 Å². The molecular formula is C26H24ClN3O2S. The molecule has 0 unspecified atom stereocenters. The molecule has 1 aromatic heterocycles. The van der Waals surface area contributed by atoms with Crippen molar-refractivity contribution in [1.82, 2.24) is 14.9 Å². The van der Waals surface area contributed by atoms with E-state index >= 15 is 0 Å². The highest BCUT2D eigenvalue weighted by atomic mass is 35.5. The minimum absolute atomic E-state index is 0.0155. The lowest BCUT2D eigenvalue weighted by atomic mass is 10.1. The standard InChI is InChI=1S/C26H24ClN3O2S/c1-17(2)28-24(31)19-12-13-21-23(14-19)29-26(33-16-20-10-6-7-11-22(20)27)30(25(21)32)15-18-8-4-3-5-9-18/h3-14,17H,15-16H2,1-2H3,(H,28,31). The second kappa shape index (κ2) is 10.2. The Balaban J connectivity index is 1.77. The van der Waals surface area contributed by atoms with E-state index < -0.39 is 0 Å². The van der Waals surface area contributed by atoms with Gasteiger partial charge in [-0.25, -0.2) is 4.98 Å². The fourth-order valence-electron chi connectivity index (χ4n) is 3.46. The number of benzene rings is 3. The number of halogens is 1. The average Bonchev–Trinajstić information content (AvgIpc) is 2.80. The molecule has 0 saturated heterocycles. The molecule has 5 nitrogen and oxygen atoms in total. The van der Waals surface area contributed by atoms with E-state index in [2.05, 4.69) is 5.32 Å². The fourth-order valence-corrected chi connectivity index (χ4v) is 4.75. The first-order chi connectivity index (χ1) is 15.9. The molecule has 0 spiro atoms. The summed E-state index contributed by atoms with van der Waals surface area (Å²) in [5.41, 5.74) is 2.82. The van der Waals surface area contributed by atoms with E-state index in [1.807, 2.05) is 68.4 Å². The van der Waals surface area contributed by atoms with Gasteiger partial charge in [0.05, 0.1) is 17.4 Å². The lowest BCUT2D eigenvalue weighted by Gasteiger charge is -2.14. The van der Waals surface area contributed by atoms with Crippen LogP contribution in [0.25, 0.3) is 10.9 Å². The van der Waals surface area contributed by atoms with Gasteiger partial charge in [0, 0.05) is 22.4 Å². The molecule has 1 N–H and O–H groups in total. The van der Waals surface area contributed by atoms with Crippen molar-refractivity contribution in [3.05, 3.63) is 105 Å². The van der Waals surface area contributed by atoms with Crippen molar-refractivity contribution in [2.24, 2.45) is 0 Å². The molecule has 168 valence electrons. The summed E-state index contributed by atoms with van der Waals surface area (Å²) < 4.78 is 1.69. The Labute approximate surface area is 201 Å². The van der Waals surface area contributed by atoms with Crippen LogP contribution in [-0.4, -0.2) is 21.5 Å². The molecule has 0 atom stereocenters. The van der Waals surface area contributed by atoms with Crippen LogP contribution >= 0.6 is 23.4 Å². The summed E-state index contributed by atoms with van der Waals surface area (Å²) in [7, 11) is 0. The number of fused-ring (bicyclic) bond motifs is 1. The predicted molar refractivity (Wildman–Crippen MR) is 135 cm³/mol. The molecule has 33 heavy (non-hydrogen) atoms. The molecule has 0 aliphatic carbocycles. The van der Waals surface area contributed by atoms with E-state index in [4.69, 9.17) is 16.6 Å². The van der Waals surface area contributed by atoms with Gasteiger partial charge in [-0.15, -0.1) is 0 Å². The number of carbonyl (C=O) groups excluding carboxylic acids is 1. The van der Waals surface area contributed by atoms with E-state index in [9.17, 15) is 9.59 Å². The van der Waals surface area contributed by atoms with Gasteiger partial charge < -0.3 is 5.32 Å². The van der Waals surface area contributed by atoms with Gasteiger partial charge in [-0.05, 0) is 49.2 Å². The van der Waals surface area contributed by atoms with Crippen LogP contribution < -0.4 is 10.9 Å². The second-order valence-electron chi connectivity index (χ2n) is 8.01. The van der Waals surface area contributed by atoms with Crippen LogP contribution in [0, 0.1) is 0 Å². The number of nitrogens with one attached hydrogen (secondary N) is 1. The van der Waals surface area contributed by atoms with Crippen LogP contribution in [0.15, 0.2) is 82.7 Å². The lowest BCUT2D eigenvalue weighted by molar-refractivity contribution is 0.0943. The van der Waals surface area contributed by atoms with Crippen molar-refractivity contribution in [2.45, 2.75) is 37.3 Å². The third-order valence-corrected chi connectivity index (χ3v) is 6.49. The molecule has 0 bridgehead atoms. The van der Waals surface area contributed by atoms with Crippen molar-refractivity contribution in [3.8, 4) is 0 Å². The molecule has 0 aliphatic rings. The average molecular weight is 478 g/mol. The molecule has 0 saturated carbocycles. The van der Waals surface area contributed by atoms with Gasteiger partial charge >= 0.3 is 0 Å². The Bertz CT molecular complexity index is 1350. The maximum Gasteiger partial charge on any atom is 0.262 e. The number of carbonyl (C=O) groups is 1. The summed E-state index contributed by atoms with van der Waals surface area (Å²) in [4.78, 5) is 30.8. The van der Waals surface area contributed by atoms with Gasteiger partial charge in [0.2, 0.25) is 0 Å². The molecular weight excluding hydrogens is 454 g/mol. The Morgan fingerprint density at radius 3 is 2.52 bits per heavy atom. The molecule has 4 rings (SSSR count). The van der Waals surface area contributed by atoms with Gasteiger partial charge in [-0.3, -0.25) is 14.2 Å². The number of hydrogen-bond acceptors (Lipinski definition) is 4. The van der Waals surface area contributed by atoms with Crippen molar-refractivity contribution in [1.29, 1.82) is 0 Å². The smallest absolute Gasteiger partial charge is 0.262 e. The third kappa shape index (κ3) is 5.46. The first-order valence-corrected chi connectivity index (χ1v) is 12.0. The normalized spacial score (nSPS) is 11.2. The zero-order valence-electron chi connectivity index (χ0n) is 18.4. The number of nitrogens with zero attached hydrogens (tertiary/aromatic N) is 2. The van der Waals surface area contributed by atoms with E-state index in [-0.39, 0.29) is 17.5 Å². The Kier molecular flexibility index (Phi) is 7.16. The molecule has 0 radical (unpaired) electrons. The summed E-state index contributed by atoms with van der Waals surface area (Å²) >= 11 is 7.79. The minimum atomic E-state index is -0.188. The van der Waals surface area contributed by atoms with Gasteiger partial charge in [-0.1, -0.05) is 71.9 Å². The Morgan fingerprint density at radius 1 is 1.06 bits per heavy atom. The summed E-state index contributed by atoms with van der Waals surface area (Å²) in [5, 5.41) is 4.62. The third-order valence-electron chi connectivity index (χ3n) is 5.10. The highest BCUT2D eigenvalue weighted by molar-refractivity contribution is 7.98. The Morgan fingerprint density at radius 2 is 1.79 bits per heavy atom. The van der Waals surface area contributed by atoms with Gasteiger partial charge in [0.25, 0.3) is 11.5 Å². The van der Waals surface area contributed by atoms with E-state index in [1.165, 1.54) is 11.8 Å². The quantitative estimate of drug-likeness (QED) is 0.281. The molecule has 4 aromatic rings. The lowest BCUT2D eigenvalue weighted by Crippen LogP contribution is -2.30. The van der Waals surface area contributed by atoms with Gasteiger partial charge in [0.1, 0.15) is 0 Å². The Hall–Kier alpha value is -3.09. The molecule has 1 heterocycles. The van der Waals surface area contributed by atoms with Crippen molar-refractivity contribution >= 4 is 40.2 Å². The molecule has 0 aliphatic heterocycles. The zero-order valence-corrected chi connectivity index (χ0v) is 20.0. The van der Waals surface area contributed by atoms with Crippen molar-refractivity contribution in [2.75, 3.05) is 0 Å². The largest absolute Gasteiger partial charge is 0.350 e. The number of rotatable bonds is 7. The fraction of sp³-hybridized carbons (Fsp3) is 0.192. The summed E-state index contributed by atoms with van der Waals surface area (Å²) in [6, 6.07) is 22.5. The maximum absolute atomic E-state index is 13.5. The van der Waals surface area contributed by atoms with E-state index in [0.29, 0.717) is 38.9 Å². The van der Waals surface area contributed by atoms with Crippen LogP contribution in [0.2, 0.25) is 5.02 Å². The first kappa shape index (κ1) is 23.1. The van der Waals surface area contributed by atoms with Crippen LogP contribution in [0.1, 0.15) is 35.3 Å². The molecule has 3 aromatic carbocycles. The summed E-state index contributed by atoms with van der Waals surface area (Å²) in [6.45, 7) is 4.22. The van der Waals surface area contributed by atoms with Gasteiger partial charge in [-0.2, -0.15) is 0 Å². The summed E-state index contributed by atoms with van der Waals surface area (Å²) in [5.74, 6) is 0.382. The van der Waals surface area contributed by atoms with Crippen molar-refractivity contribution in [3.63, 3.8) is 0 Å². The zero-order chi connectivity index (χ0) is 23.4. The van der Waals surface area contributed by atoms with Crippen LogP contribution in [-0.2, 0) is 12.3 Å². The number of aromatic nitrogens is 2. The highest BCUT2D eigenvalue weighted by Crippen LogP contribution is 2.26. The second-order valence-corrected chi connectivity index (χ2v) is 9.36. The molecule has 0 fully saturated rings. The highest BCUT2D eigenvalue weighted by Gasteiger charge is 2.15. The molecule has 1 amide bonds.